The normalized spacial score (nSPS) is 5.54. The quantitative estimate of drug-likeness (QED) is 0.168. The van der Waals surface area contributed by atoms with Crippen LogP contribution in [0.15, 0.2) is 0 Å². The van der Waals surface area contributed by atoms with Crippen LogP contribution in [0.2, 0.25) is 0 Å². The fraction of sp³-hybridized carbons (Fsp3) is 0. The minimum absolute atomic E-state index is 0. The second kappa shape index (κ2) is 43.2. The number of nitrogens with zero attached hydrogens (tertiary/aromatic N) is 6. The molecule has 0 N–H and O–H groups in total. The van der Waals surface area contributed by atoms with E-state index in [0.29, 0.717) is 0 Å². The van der Waals surface area contributed by atoms with Gasteiger partial charge < -0.3 is 91.9 Å². The Morgan fingerprint density at radius 1 is 0.308 bits per heavy atom. The predicted molar refractivity (Wildman–Crippen MR) is 67.9 cm³/mol. The molecule has 26 heavy (non-hydrogen) atoms. The number of rotatable bonds is 0. The molecule has 0 spiro atoms. The summed E-state index contributed by atoms with van der Waals surface area (Å²) in [6.07, 6.45) is 0. The van der Waals surface area contributed by atoms with E-state index in [1.54, 1.807) is 0 Å². The minimum Gasteiger partial charge on any atom is -0.356 e. The van der Waals surface area contributed by atoms with Crippen LogP contribution in [0, 0.1) is 132 Å². The third kappa shape index (κ3) is 1070. The van der Waals surface area contributed by atoms with E-state index < -0.39 is 30.5 Å². The molecule has 0 atom stereocenters. The maximum absolute atomic E-state index is 8.25. The van der Waals surface area contributed by atoms with Gasteiger partial charge in [0.1, 0.15) is 0 Å². The number of hydrogen-bond acceptors (Lipinski definition) is 18. The molecule has 0 fully saturated rings. The Kier molecular flexibility index (Phi) is 82.2. The van der Waals surface area contributed by atoms with Gasteiger partial charge in [0.15, 0.2) is 0 Å². The zero-order chi connectivity index (χ0) is 21.5. The van der Waals surface area contributed by atoms with Crippen molar-refractivity contribution in [2.24, 2.45) is 0 Å². The molecule has 26 heteroatoms. The Morgan fingerprint density at radius 3 is 0.308 bits per heavy atom. The molecule has 0 aromatic rings. The van der Waals surface area contributed by atoms with Gasteiger partial charge in [0.05, 0.1) is 30.5 Å². The molecule has 0 bridgehead atoms. The molecule has 0 rings (SSSR count). The van der Waals surface area contributed by atoms with E-state index in [-0.39, 0.29) is 59.7 Å². The fourth-order valence-electron chi connectivity index (χ4n) is 0. The zero-order valence-corrected chi connectivity index (χ0v) is 15.7. The first-order valence-electron chi connectivity index (χ1n) is 3.29. The molecular weight excluding hydrogens is 599 g/mol. The number of hydrogen-bond donors (Lipinski definition) is 0. The van der Waals surface area contributed by atoms with Crippen LogP contribution >= 0.6 is 0 Å². The van der Waals surface area contributed by atoms with Gasteiger partial charge in [0, 0.05) is 0 Å². The molecule has 0 aliphatic carbocycles. The van der Waals surface area contributed by atoms with Crippen LogP contribution in [0.25, 0.3) is 0 Å². The predicted octanol–water partition coefficient (Wildman–Crippen LogP) is -1.82. The maximum atomic E-state index is 8.25. The van der Waals surface area contributed by atoms with Gasteiger partial charge in [0.25, 0.3) is 0 Å². The van der Waals surface area contributed by atoms with Crippen molar-refractivity contribution in [1.29, 1.82) is 0 Å². The first-order valence-corrected chi connectivity index (χ1v) is 3.29. The average Bonchev–Trinajstić information content (AvgIpc) is 2.08. The van der Waals surface area contributed by atoms with Gasteiger partial charge in [-0.3, -0.25) is 0 Å². The Balaban J connectivity index is -0.0000000245. The zero-order valence-electron chi connectivity index (χ0n) is 11.0. The van der Waals surface area contributed by atoms with Gasteiger partial charge in [-0.2, -0.15) is 0 Å². The summed E-state index contributed by atoms with van der Waals surface area (Å²) in [5.41, 5.74) is 0. The van der Waals surface area contributed by atoms with Crippen molar-refractivity contribution in [3.63, 3.8) is 0 Å². The summed E-state index contributed by atoms with van der Waals surface area (Å²) in [6, 6.07) is 0. The SMILES string of the molecule is O=[N+]([O-])[O-].O=[N+]([O-])[O-].O=[N+]([O-])[O-].O=[N+]([O-])[O-].O=[N+]([O-])[O-].O=[N+]([O-])[O-].[Ga+3].[Gd+3]. The molecule has 0 aromatic carbocycles. The van der Waals surface area contributed by atoms with E-state index in [0.717, 1.165) is 0 Å². The smallest absolute Gasteiger partial charge is 0.356 e. The average molecular weight is 599 g/mol. The Labute approximate surface area is 181 Å². The molecular formula is GaGdN6O18. The van der Waals surface area contributed by atoms with E-state index in [1.807, 2.05) is 0 Å². The van der Waals surface area contributed by atoms with E-state index in [9.17, 15) is 0 Å². The van der Waals surface area contributed by atoms with Crippen molar-refractivity contribution in [3.8, 4) is 0 Å². The van der Waals surface area contributed by atoms with Crippen molar-refractivity contribution in [2.45, 2.75) is 0 Å². The molecule has 0 unspecified atom stereocenters. The van der Waals surface area contributed by atoms with Crippen LogP contribution in [-0.2, 0) is 0 Å². The van der Waals surface area contributed by atoms with Gasteiger partial charge >= 0.3 is 59.7 Å². The minimum atomic E-state index is -1.75. The summed E-state index contributed by atoms with van der Waals surface area (Å²) in [5, 5.41) is 88.5. The van der Waals surface area contributed by atoms with Crippen molar-refractivity contribution in [3.05, 3.63) is 91.9 Å². The van der Waals surface area contributed by atoms with E-state index in [2.05, 4.69) is 0 Å². The summed E-state index contributed by atoms with van der Waals surface area (Å²) >= 11 is 0. The van der Waals surface area contributed by atoms with Crippen molar-refractivity contribution in [1.82, 2.24) is 0 Å². The second-order valence-corrected chi connectivity index (χ2v) is 1.34. The molecule has 0 amide bonds. The molecule has 24 nitrogen and oxygen atoms in total. The molecule has 0 saturated heterocycles. The van der Waals surface area contributed by atoms with Crippen molar-refractivity contribution in [2.75, 3.05) is 0 Å². The van der Waals surface area contributed by atoms with Gasteiger partial charge in [-0.1, -0.05) is 0 Å². The topological polar surface area (TPSA) is 397 Å². The van der Waals surface area contributed by atoms with Crippen LogP contribution in [0.4, 0.5) is 0 Å². The molecule has 0 saturated carbocycles. The standard InChI is InChI=1S/Ga.Gd.6NO3/c;;6*2-1(3)4/q2*+3;6*-1. The summed E-state index contributed by atoms with van der Waals surface area (Å²) in [7, 11) is 0. The van der Waals surface area contributed by atoms with Crippen LogP contribution in [0.3, 0.4) is 0 Å². The molecule has 1 radical (unpaired) electrons. The Morgan fingerprint density at radius 2 is 0.308 bits per heavy atom. The summed E-state index contributed by atoms with van der Waals surface area (Å²) in [5.74, 6) is 0. The fourth-order valence-corrected chi connectivity index (χ4v) is 0. The van der Waals surface area contributed by atoms with E-state index >= 15 is 0 Å². The van der Waals surface area contributed by atoms with E-state index in [4.69, 9.17) is 91.9 Å². The van der Waals surface area contributed by atoms with Gasteiger partial charge in [-0.05, 0) is 0 Å². The summed E-state index contributed by atoms with van der Waals surface area (Å²) in [4.78, 5) is 49.5. The monoisotopic (exact) mass is 599 g/mol. The van der Waals surface area contributed by atoms with Crippen LogP contribution < -0.4 is 0 Å². The third-order valence-corrected chi connectivity index (χ3v) is 0. The van der Waals surface area contributed by atoms with Crippen LogP contribution in [-0.4, -0.2) is 50.3 Å². The van der Waals surface area contributed by atoms with Gasteiger partial charge in [-0.25, -0.2) is 0 Å². The molecule has 0 aromatic heterocycles. The largest absolute Gasteiger partial charge is 3.00 e. The summed E-state index contributed by atoms with van der Waals surface area (Å²) in [6.45, 7) is 0. The Bertz CT molecular complexity index is 263. The molecule has 149 valence electrons. The first kappa shape index (κ1) is 49.5. The summed E-state index contributed by atoms with van der Waals surface area (Å²) < 4.78 is 0. The van der Waals surface area contributed by atoms with Crippen molar-refractivity contribution >= 4 is 19.8 Å². The Hall–Kier alpha value is -2.84. The maximum Gasteiger partial charge on any atom is 3.00 e. The molecule has 0 aliphatic rings. The first-order chi connectivity index (χ1) is 10.4. The van der Waals surface area contributed by atoms with Gasteiger partial charge in [-0.15, -0.1) is 0 Å². The van der Waals surface area contributed by atoms with Crippen molar-refractivity contribution < 1.29 is 70.5 Å². The van der Waals surface area contributed by atoms with Gasteiger partial charge in [0.2, 0.25) is 0 Å². The van der Waals surface area contributed by atoms with E-state index in [1.165, 1.54) is 0 Å². The molecule has 0 aliphatic heterocycles. The third-order valence-electron chi connectivity index (χ3n) is 0. The molecule has 0 heterocycles. The van der Waals surface area contributed by atoms with Crippen LogP contribution in [0.5, 0.6) is 0 Å². The van der Waals surface area contributed by atoms with Crippen LogP contribution in [0.1, 0.15) is 0 Å². The second-order valence-electron chi connectivity index (χ2n) is 1.34.